The molecule has 92 valence electrons. The molecule has 1 aromatic carbocycles. The molecule has 0 saturated heterocycles. The van der Waals surface area contributed by atoms with Gasteiger partial charge in [0.1, 0.15) is 0 Å². The predicted octanol–water partition coefficient (Wildman–Crippen LogP) is 2.87. The first-order valence-electron chi connectivity index (χ1n) is 6.42. The lowest BCUT2D eigenvalue weighted by atomic mass is 10.1. The molecule has 0 bridgehead atoms. The van der Waals surface area contributed by atoms with Crippen molar-refractivity contribution in [1.82, 2.24) is 5.32 Å². The molecule has 0 unspecified atom stereocenters. The summed E-state index contributed by atoms with van der Waals surface area (Å²) >= 11 is 0. The second-order valence-electron chi connectivity index (χ2n) is 5.42. The molecule has 0 radical (unpaired) electrons. The van der Waals surface area contributed by atoms with Gasteiger partial charge in [0.15, 0.2) is 0 Å². The molecule has 1 amide bonds. The highest BCUT2D eigenvalue weighted by atomic mass is 16.1. The van der Waals surface area contributed by atoms with Crippen LogP contribution in [-0.4, -0.2) is 12.5 Å². The highest BCUT2D eigenvalue weighted by Gasteiger charge is 2.38. The number of hydrogen-bond acceptors (Lipinski definition) is 1. The summed E-state index contributed by atoms with van der Waals surface area (Å²) in [5.74, 6) is 1.55. The number of rotatable bonds is 4. The summed E-state index contributed by atoms with van der Waals surface area (Å²) in [6, 6.07) is 8.70. The quantitative estimate of drug-likeness (QED) is 0.848. The van der Waals surface area contributed by atoms with Crippen LogP contribution >= 0.6 is 0 Å². The lowest BCUT2D eigenvalue weighted by Gasteiger charge is -2.07. The van der Waals surface area contributed by atoms with E-state index in [1.807, 2.05) is 13.8 Å². The van der Waals surface area contributed by atoms with E-state index in [2.05, 4.69) is 36.5 Å². The Hall–Kier alpha value is -1.31. The minimum absolute atomic E-state index is 0.0890. The first kappa shape index (κ1) is 12.2. The van der Waals surface area contributed by atoms with Crippen LogP contribution in [0.25, 0.3) is 0 Å². The van der Waals surface area contributed by atoms with Crippen molar-refractivity contribution in [2.24, 2.45) is 11.8 Å². The van der Waals surface area contributed by atoms with Gasteiger partial charge in [0.2, 0.25) is 5.91 Å². The number of amides is 1. The Morgan fingerprint density at radius 1 is 1.47 bits per heavy atom. The van der Waals surface area contributed by atoms with Crippen LogP contribution in [0, 0.1) is 18.8 Å². The molecule has 1 aliphatic rings. The number of hydrogen-bond donors (Lipinski definition) is 1. The smallest absolute Gasteiger partial charge is 0.222 e. The monoisotopic (exact) mass is 231 g/mol. The van der Waals surface area contributed by atoms with Gasteiger partial charge in [0.25, 0.3) is 0 Å². The van der Waals surface area contributed by atoms with Crippen LogP contribution in [0.2, 0.25) is 0 Å². The Morgan fingerprint density at radius 3 is 2.88 bits per heavy atom. The van der Waals surface area contributed by atoms with Crippen molar-refractivity contribution in [2.75, 3.05) is 6.54 Å². The van der Waals surface area contributed by atoms with Gasteiger partial charge in [-0.1, -0.05) is 43.7 Å². The first-order valence-corrected chi connectivity index (χ1v) is 6.42. The second kappa shape index (κ2) is 4.91. The van der Waals surface area contributed by atoms with Gasteiger partial charge in [0.05, 0.1) is 0 Å². The standard InChI is InChI=1S/C15H21NO/c1-10(2)15(17)16-9-13-8-14(13)12-6-4-5-11(3)7-12/h4-7,10,13-14H,8-9H2,1-3H3,(H,16,17)/t13-,14-/m0/s1. The van der Waals surface area contributed by atoms with Gasteiger partial charge in [-0.3, -0.25) is 4.79 Å². The van der Waals surface area contributed by atoms with Crippen LogP contribution < -0.4 is 5.32 Å². The average molecular weight is 231 g/mol. The van der Waals surface area contributed by atoms with E-state index in [0.29, 0.717) is 11.8 Å². The number of nitrogens with one attached hydrogen (secondary N) is 1. The minimum atomic E-state index is 0.0890. The van der Waals surface area contributed by atoms with E-state index >= 15 is 0 Å². The molecule has 0 heterocycles. The van der Waals surface area contributed by atoms with E-state index in [9.17, 15) is 4.79 Å². The third-order valence-electron chi connectivity index (χ3n) is 3.46. The molecule has 2 nitrogen and oxygen atoms in total. The molecule has 2 atom stereocenters. The van der Waals surface area contributed by atoms with Crippen molar-refractivity contribution in [3.8, 4) is 0 Å². The van der Waals surface area contributed by atoms with Gasteiger partial charge < -0.3 is 5.32 Å². The molecule has 1 saturated carbocycles. The molecule has 1 fully saturated rings. The van der Waals surface area contributed by atoms with Gasteiger partial charge in [-0.15, -0.1) is 0 Å². The van der Waals surface area contributed by atoms with Crippen LogP contribution in [-0.2, 0) is 4.79 Å². The zero-order chi connectivity index (χ0) is 12.4. The summed E-state index contributed by atoms with van der Waals surface area (Å²) in [5, 5.41) is 3.02. The number of aryl methyl sites for hydroxylation is 1. The van der Waals surface area contributed by atoms with Crippen LogP contribution in [0.3, 0.4) is 0 Å². The fourth-order valence-electron chi connectivity index (χ4n) is 2.22. The Balaban J connectivity index is 1.83. The van der Waals surface area contributed by atoms with Crippen molar-refractivity contribution in [3.63, 3.8) is 0 Å². The molecule has 0 spiro atoms. The van der Waals surface area contributed by atoms with Gasteiger partial charge in [-0.2, -0.15) is 0 Å². The molecule has 1 N–H and O–H groups in total. The van der Waals surface area contributed by atoms with Crippen molar-refractivity contribution in [2.45, 2.75) is 33.1 Å². The van der Waals surface area contributed by atoms with Crippen molar-refractivity contribution in [3.05, 3.63) is 35.4 Å². The zero-order valence-corrected chi connectivity index (χ0v) is 10.9. The zero-order valence-electron chi connectivity index (χ0n) is 10.9. The van der Waals surface area contributed by atoms with Crippen molar-refractivity contribution < 1.29 is 4.79 Å². The lowest BCUT2D eigenvalue weighted by molar-refractivity contribution is -0.124. The Labute approximate surface area is 103 Å². The van der Waals surface area contributed by atoms with E-state index in [4.69, 9.17) is 0 Å². The van der Waals surface area contributed by atoms with Crippen molar-refractivity contribution in [1.29, 1.82) is 0 Å². The van der Waals surface area contributed by atoms with E-state index in [1.165, 1.54) is 17.5 Å². The molecule has 17 heavy (non-hydrogen) atoms. The highest BCUT2D eigenvalue weighted by molar-refractivity contribution is 5.77. The number of carbonyl (C=O) groups is 1. The van der Waals surface area contributed by atoms with Gasteiger partial charge >= 0.3 is 0 Å². The fraction of sp³-hybridized carbons (Fsp3) is 0.533. The number of carbonyl (C=O) groups excluding carboxylic acids is 1. The van der Waals surface area contributed by atoms with E-state index in [0.717, 1.165) is 6.54 Å². The highest BCUT2D eigenvalue weighted by Crippen LogP contribution is 2.47. The molecular weight excluding hydrogens is 210 g/mol. The first-order chi connectivity index (χ1) is 8.08. The minimum Gasteiger partial charge on any atom is -0.356 e. The molecule has 0 aliphatic heterocycles. The van der Waals surface area contributed by atoms with Crippen molar-refractivity contribution >= 4 is 5.91 Å². The summed E-state index contributed by atoms with van der Waals surface area (Å²) in [6.07, 6.45) is 1.21. The van der Waals surface area contributed by atoms with Crippen LogP contribution in [0.5, 0.6) is 0 Å². The predicted molar refractivity (Wildman–Crippen MR) is 69.9 cm³/mol. The third-order valence-corrected chi connectivity index (χ3v) is 3.46. The second-order valence-corrected chi connectivity index (χ2v) is 5.42. The maximum Gasteiger partial charge on any atom is 0.222 e. The summed E-state index contributed by atoms with van der Waals surface area (Å²) in [6.45, 7) is 6.82. The molecule has 2 rings (SSSR count). The molecule has 0 aromatic heterocycles. The average Bonchev–Trinajstić information content (AvgIpc) is 3.05. The molecule has 2 heteroatoms. The maximum absolute atomic E-state index is 11.5. The molecular formula is C15H21NO. The van der Waals surface area contributed by atoms with Gasteiger partial charge in [-0.05, 0) is 30.7 Å². The van der Waals surface area contributed by atoms with E-state index in [1.54, 1.807) is 0 Å². The summed E-state index contributed by atoms with van der Waals surface area (Å²) < 4.78 is 0. The molecule has 1 aliphatic carbocycles. The van der Waals surface area contributed by atoms with Crippen LogP contribution in [0.15, 0.2) is 24.3 Å². The van der Waals surface area contributed by atoms with Gasteiger partial charge in [-0.25, -0.2) is 0 Å². The number of benzene rings is 1. The Kier molecular flexibility index (Phi) is 3.51. The summed E-state index contributed by atoms with van der Waals surface area (Å²) in [7, 11) is 0. The summed E-state index contributed by atoms with van der Waals surface area (Å²) in [4.78, 5) is 11.5. The normalized spacial score (nSPS) is 22.6. The van der Waals surface area contributed by atoms with E-state index < -0.39 is 0 Å². The fourth-order valence-corrected chi connectivity index (χ4v) is 2.22. The van der Waals surface area contributed by atoms with Gasteiger partial charge in [0, 0.05) is 12.5 Å². The summed E-state index contributed by atoms with van der Waals surface area (Å²) in [5.41, 5.74) is 2.74. The Morgan fingerprint density at radius 2 is 2.24 bits per heavy atom. The third kappa shape index (κ3) is 3.09. The Bertz CT molecular complexity index is 411. The van der Waals surface area contributed by atoms with Crippen LogP contribution in [0.1, 0.15) is 37.3 Å². The molecule has 1 aromatic rings. The van der Waals surface area contributed by atoms with Crippen LogP contribution in [0.4, 0.5) is 0 Å². The van der Waals surface area contributed by atoms with E-state index in [-0.39, 0.29) is 11.8 Å². The largest absolute Gasteiger partial charge is 0.356 e. The lowest BCUT2D eigenvalue weighted by Crippen LogP contribution is -2.29. The maximum atomic E-state index is 11.5. The topological polar surface area (TPSA) is 29.1 Å². The SMILES string of the molecule is Cc1cccc([C@@H]2C[C@H]2CNC(=O)C(C)C)c1.